The van der Waals surface area contributed by atoms with E-state index < -0.39 is 0 Å². The first-order valence-electron chi connectivity index (χ1n) is 10.6. The van der Waals surface area contributed by atoms with Crippen molar-refractivity contribution in [2.24, 2.45) is 0 Å². The fourth-order valence-electron chi connectivity index (χ4n) is 4.63. The van der Waals surface area contributed by atoms with Gasteiger partial charge in [-0.2, -0.15) is 0 Å². The van der Waals surface area contributed by atoms with Gasteiger partial charge in [-0.05, 0) is 37.0 Å². The van der Waals surface area contributed by atoms with Crippen LogP contribution in [0.2, 0.25) is 0 Å². The lowest BCUT2D eigenvalue weighted by atomic mass is 10.1. The molecule has 1 fully saturated rings. The Morgan fingerprint density at radius 3 is 2.81 bits per heavy atom. The molecule has 31 heavy (non-hydrogen) atoms. The molecule has 3 aliphatic rings. The van der Waals surface area contributed by atoms with Gasteiger partial charge in [-0.25, -0.2) is 4.98 Å². The molecule has 6 rings (SSSR count). The minimum Gasteiger partial charge on any atom is -0.454 e. The van der Waals surface area contributed by atoms with Crippen molar-refractivity contribution in [1.82, 2.24) is 19.2 Å². The first-order valence-corrected chi connectivity index (χ1v) is 11.4. The summed E-state index contributed by atoms with van der Waals surface area (Å²) in [6.07, 6.45) is 4.40. The average molecular weight is 439 g/mol. The van der Waals surface area contributed by atoms with Crippen molar-refractivity contribution in [3.8, 4) is 11.5 Å². The Bertz CT molecular complexity index is 1240. The summed E-state index contributed by atoms with van der Waals surface area (Å²) < 4.78 is 12.5. The van der Waals surface area contributed by atoms with E-state index in [4.69, 9.17) is 9.47 Å². The normalized spacial score (nSPS) is 18.0. The van der Waals surface area contributed by atoms with Crippen molar-refractivity contribution in [2.75, 3.05) is 33.0 Å². The molecule has 2 aliphatic heterocycles. The van der Waals surface area contributed by atoms with E-state index in [1.807, 2.05) is 18.2 Å². The number of piperazine rings is 1. The molecule has 0 saturated carbocycles. The minimum absolute atomic E-state index is 0.175. The second-order valence-corrected chi connectivity index (χ2v) is 9.24. The molecule has 1 aliphatic carbocycles. The summed E-state index contributed by atoms with van der Waals surface area (Å²) in [5.41, 5.74) is 2.15. The van der Waals surface area contributed by atoms with Crippen LogP contribution in [0, 0.1) is 0 Å². The van der Waals surface area contributed by atoms with E-state index in [-0.39, 0.29) is 23.8 Å². The van der Waals surface area contributed by atoms with Crippen LogP contribution in [-0.4, -0.2) is 58.1 Å². The number of hydrogen-bond acceptors (Lipinski definition) is 7. The molecule has 9 heteroatoms. The van der Waals surface area contributed by atoms with Crippen LogP contribution >= 0.6 is 11.3 Å². The van der Waals surface area contributed by atoms with Gasteiger partial charge in [0.15, 0.2) is 16.5 Å². The van der Waals surface area contributed by atoms with Gasteiger partial charge in [0.05, 0.1) is 0 Å². The van der Waals surface area contributed by atoms with E-state index in [0.717, 1.165) is 61.7 Å². The number of fused-ring (bicyclic) bond motifs is 4. The van der Waals surface area contributed by atoms with Crippen LogP contribution in [0.4, 0.5) is 0 Å². The molecule has 8 nitrogen and oxygen atoms in total. The second-order valence-electron chi connectivity index (χ2n) is 8.18. The van der Waals surface area contributed by atoms with Crippen molar-refractivity contribution < 1.29 is 14.3 Å². The smallest absolute Gasteiger partial charge is 0.271 e. The fraction of sp³-hybridized carbons (Fsp3) is 0.409. The third-order valence-corrected chi connectivity index (χ3v) is 7.44. The van der Waals surface area contributed by atoms with Gasteiger partial charge in [0.25, 0.3) is 11.5 Å². The highest BCUT2D eigenvalue weighted by atomic mass is 32.1. The standard InChI is InChI=1S/C22H22N4O4S/c27-20(15-11-23-22-26(21(15)28)16-2-1-3-19(16)31-22)25-8-6-24(7-9-25)12-14-4-5-17-18(10-14)30-13-29-17/h4-5,10-11H,1-3,6-9,12-13H2. The molecule has 3 aromatic rings. The number of carbonyl (C=O) groups is 1. The predicted octanol–water partition coefficient (Wildman–Crippen LogP) is 1.93. The Hall–Kier alpha value is -2.91. The van der Waals surface area contributed by atoms with E-state index in [9.17, 15) is 9.59 Å². The zero-order valence-electron chi connectivity index (χ0n) is 17.0. The highest BCUT2D eigenvalue weighted by molar-refractivity contribution is 7.17. The molecular formula is C22H22N4O4S. The fourth-order valence-corrected chi connectivity index (χ4v) is 5.80. The number of aromatic nitrogens is 2. The van der Waals surface area contributed by atoms with Gasteiger partial charge in [-0.1, -0.05) is 6.07 Å². The number of benzene rings is 1. The molecular weight excluding hydrogens is 416 g/mol. The number of hydrogen-bond donors (Lipinski definition) is 0. The number of ether oxygens (including phenoxy) is 2. The van der Waals surface area contributed by atoms with Gasteiger partial charge in [0.2, 0.25) is 6.79 Å². The number of amides is 1. The SMILES string of the molecule is O=C(c1cnc2sc3c(n2c1=O)CCC3)N1CCN(Cc2ccc3c(c2)OCO3)CC1. The lowest BCUT2D eigenvalue weighted by molar-refractivity contribution is 0.0626. The summed E-state index contributed by atoms with van der Waals surface area (Å²) in [5.74, 6) is 1.36. The molecule has 4 heterocycles. The Morgan fingerprint density at radius 1 is 1.10 bits per heavy atom. The predicted molar refractivity (Wildman–Crippen MR) is 115 cm³/mol. The van der Waals surface area contributed by atoms with Gasteiger partial charge in [0, 0.05) is 49.5 Å². The lowest BCUT2D eigenvalue weighted by Gasteiger charge is -2.34. The van der Waals surface area contributed by atoms with Crippen molar-refractivity contribution in [3.63, 3.8) is 0 Å². The molecule has 1 saturated heterocycles. The van der Waals surface area contributed by atoms with Crippen LogP contribution in [0.15, 0.2) is 29.2 Å². The van der Waals surface area contributed by atoms with Crippen LogP contribution in [0.5, 0.6) is 11.5 Å². The monoisotopic (exact) mass is 438 g/mol. The Balaban J connectivity index is 1.15. The summed E-state index contributed by atoms with van der Waals surface area (Å²) in [6.45, 7) is 3.75. The van der Waals surface area contributed by atoms with Gasteiger partial charge in [-0.3, -0.25) is 18.9 Å². The topological polar surface area (TPSA) is 76.4 Å². The number of carbonyl (C=O) groups excluding carboxylic acids is 1. The maximum atomic E-state index is 13.1. The van der Waals surface area contributed by atoms with Crippen LogP contribution in [0.3, 0.4) is 0 Å². The first kappa shape index (κ1) is 18.8. The van der Waals surface area contributed by atoms with Crippen molar-refractivity contribution in [2.45, 2.75) is 25.8 Å². The second kappa shape index (κ2) is 7.35. The highest BCUT2D eigenvalue weighted by Crippen LogP contribution is 2.33. The molecule has 0 unspecified atom stereocenters. The molecule has 1 amide bonds. The number of thiazole rings is 1. The van der Waals surface area contributed by atoms with Crippen molar-refractivity contribution >= 4 is 22.2 Å². The zero-order valence-corrected chi connectivity index (χ0v) is 17.8. The van der Waals surface area contributed by atoms with Crippen molar-refractivity contribution in [1.29, 1.82) is 0 Å². The third-order valence-electron chi connectivity index (χ3n) is 6.29. The maximum absolute atomic E-state index is 13.1. The number of rotatable bonds is 3. The zero-order chi connectivity index (χ0) is 20.9. The molecule has 160 valence electrons. The molecule has 1 aromatic carbocycles. The highest BCUT2D eigenvalue weighted by Gasteiger charge is 2.27. The average Bonchev–Trinajstić information content (AvgIpc) is 3.49. The summed E-state index contributed by atoms with van der Waals surface area (Å²) >= 11 is 1.57. The number of nitrogens with zero attached hydrogens (tertiary/aromatic N) is 4. The van der Waals surface area contributed by atoms with E-state index in [1.165, 1.54) is 11.1 Å². The van der Waals surface area contributed by atoms with Crippen LogP contribution in [-0.2, 0) is 19.4 Å². The maximum Gasteiger partial charge on any atom is 0.271 e. The Labute approximate surface area is 182 Å². The minimum atomic E-state index is -0.225. The number of aryl methyl sites for hydroxylation is 2. The summed E-state index contributed by atoms with van der Waals surface area (Å²) in [7, 11) is 0. The quantitative estimate of drug-likeness (QED) is 0.622. The third kappa shape index (κ3) is 3.19. The van der Waals surface area contributed by atoms with Crippen LogP contribution in [0.1, 0.15) is 32.9 Å². The molecule has 0 bridgehead atoms. The molecule has 0 radical (unpaired) electrons. The molecule has 0 N–H and O–H groups in total. The first-order chi connectivity index (χ1) is 15.2. The molecule has 0 spiro atoms. The van der Waals surface area contributed by atoms with E-state index in [0.29, 0.717) is 18.1 Å². The Kier molecular flexibility index (Phi) is 4.46. The van der Waals surface area contributed by atoms with Crippen LogP contribution in [0.25, 0.3) is 4.96 Å². The van der Waals surface area contributed by atoms with Gasteiger partial charge in [-0.15, -0.1) is 11.3 Å². The van der Waals surface area contributed by atoms with Gasteiger partial charge >= 0.3 is 0 Å². The molecule has 0 atom stereocenters. The van der Waals surface area contributed by atoms with E-state index >= 15 is 0 Å². The largest absolute Gasteiger partial charge is 0.454 e. The van der Waals surface area contributed by atoms with Gasteiger partial charge < -0.3 is 14.4 Å². The summed E-state index contributed by atoms with van der Waals surface area (Å²) in [4.78, 5) is 36.6. The van der Waals surface area contributed by atoms with E-state index in [1.54, 1.807) is 20.6 Å². The van der Waals surface area contributed by atoms with Crippen molar-refractivity contribution in [3.05, 3.63) is 56.4 Å². The van der Waals surface area contributed by atoms with Crippen LogP contribution < -0.4 is 15.0 Å². The summed E-state index contributed by atoms with van der Waals surface area (Å²) in [5, 5.41) is 0. The molecule has 2 aromatic heterocycles. The summed E-state index contributed by atoms with van der Waals surface area (Å²) in [6, 6.07) is 6.00. The Morgan fingerprint density at radius 2 is 1.94 bits per heavy atom. The van der Waals surface area contributed by atoms with E-state index in [2.05, 4.69) is 9.88 Å². The van der Waals surface area contributed by atoms with Gasteiger partial charge in [0.1, 0.15) is 5.56 Å². The lowest BCUT2D eigenvalue weighted by Crippen LogP contribution is -2.49.